The molecule has 0 spiro atoms. The van der Waals surface area contributed by atoms with E-state index < -0.39 is 0 Å². The minimum Gasteiger partial charge on any atom is -0.339 e. The average molecular weight is 379 g/mol. The number of carbonyl (C=O) groups is 1. The molecule has 1 aliphatic heterocycles. The first-order valence-corrected chi connectivity index (χ1v) is 10.3. The monoisotopic (exact) mass is 378 g/mol. The fraction of sp³-hybridized carbons (Fsp3) is 0.478. The Hall–Kier alpha value is -2.56. The Morgan fingerprint density at radius 3 is 2.75 bits per heavy atom. The van der Waals surface area contributed by atoms with E-state index in [1.54, 1.807) is 0 Å². The van der Waals surface area contributed by atoms with Gasteiger partial charge >= 0.3 is 0 Å². The Morgan fingerprint density at radius 1 is 1.25 bits per heavy atom. The van der Waals surface area contributed by atoms with E-state index in [0.717, 1.165) is 48.5 Å². The van der Waals surface area contributed by atoms with E-state index in [1.807, 2.05) is 18.1 Å². The number of rotatable bonds is 3. The number of para-hydroxylation sites is 1. The highest BCUT2D eigenvalue weighted by Gasteiger charge is 2.31. The van der Waals surface area contributed by atoms with Crippen LogP contribution in [0.1, 0.15) is 66.1 Å². The van der Waals surface area contributed by atoms with Crippen LogP contribution in [0.4, 0.5) is 0 Å². The fourth-order valence-corrected chi connectivity index (χ4v) is 4.80. The van der Waals surface area contributed by atoms with Gasteiger partial charge in [-0.15, -0.1) is 0 Å². The highest BCUT2D eigenvalue weighted by molar-refractivity contribution is 6.02. The molecule has 1 aliphatic rings. The van der Waals surface area contributed by atoms with Crippen LogP contribution in [0.5, 0.6) is 0 Å². The molecule has 2 aromatic heterocycles. The third-order valence-electron chi connectivity index (χ3n) is 6.20. The number of fused-ring (bicyclic) bond motifs is 1. The van der Waals surface area contributed by atoms with Crippen LogP contribution < -0.4 is 0 Å². The van der Waals surface area contributed by atoms with Crippen molar-refractivity contribution in [2.75, 3.05) is 13.1 Å². The van der Waals surface area contributed by atoms with Crippen molar-refractivity contribution < 1.29 is 4.79 Å². The topological polar surface area (TPSA) is 43.1 Å². The number of aromatic nitrogens is 3. The summed E-state index contributed by atoms with van der Waals surface area (Å²) in [5.74, 6) is 1.55. The fourth-order valence-electron chi connectivity index (χ4n) is 4.80. The maximum atomic E-state index is 13.5. The van der Waals surface area contributed by atoms with Gasteiger partial charge in [-0.1, -0.05) is 18.2 Å². The van der Waals surface area contributed by atoms with Gasteiger partial charge < -0.3 is 14.0 Å². The number of benzene rings is 1. The van der Waals surface area contributed by atoms with Crippen molar-refractivity contribution in [3.8, 4) is 0 Å². The van der Waals surface area contributed by atoms with Gasteiger partial charge in [0.05, 0.1) is 5.52 Å². The quantitative estimate of drug-likeness (QED) is 0.669. The number of imidazole rings is 1. The maximum absolute atomic E-state index is 13.5. The van der Waals surface area contributed by atoms with Crippen molar-refractivity contribution in [3.05, 3.63) is 53.2 Å². The molecule has 1 amide bonds. The largest absolute Gasteiger partial charge is 0.339 e. The average Bonchev–Trinajstić information content (AvgIpc) is 3.26. The summed E-state index contributed by atoms with van der Waals surface area (Å²) < 4.78 is 4.32. The van der Waals surface area contributed by atoms with Crippen LogP contribution in [-0.2, 0) is 7.05 Å². The molecule has 0 N–H and O–H groups in total. The molecule has 5 nitrogen and oxygen atoms in total. The van der Waals surface area contributed by atoms with Crippen LogP contribution in [0.2, 0.25) is 0 Å². The molecule has 0 saturated carbocycles. The third-order valence-corrected chi connectivity index (χ3v) is 6.20. The van der Waals surface area contributed by atoms with E-state index in [0.29, 0.717) is 12.0 Å². The second-order valence-corrected chi connectivity index (χ2v) is 8.38. The van der Waals surface area contributed by atoms with Crippen molar-refractivity contribution in [2.24, 2.45) is 7.05 Å². The normalized spacial score (nSPS) is 17.6. The Kier molecular flexibility index (Phi) is 4.77. The van der Waals surface area contributed by atoms with Gasteiger partial charge in [0.2, 0.25) is 0 Å². The molecule has 1 saturated heterocycles. The molecule has 3 aromatic rings. The van der Waals surface area contributed by atoms with Gasteiger partial charge in [0, 0.05) is 49.9 Å². The molecular weight excluding hydrogens is 348 g/mol. The SMILES string of the molecule is Cc1c(C(=O)N2CCC[C@H](c3nccn3C(C)C)C2)n(C)c2c(C)cccc12. The van der Waals surface area contributed by atoms with E-state index in [9.17, 15) is 4.79 Å². The molecular formula is C23H30N4O. The van der Waals surface area contributed by atoms with E-state index in [-0.39, 0.29) is 5.91 Å². The first kappa shape index (κ1) is 18.8. The summed E-state index contributed by atoms with van der Waals surface area (Å²) in [7, 11) is 2.02. The zero-order valence-electron chi connectivity index (χ0n) is 17.6. The van der Waals surface area contributed by atoms with Crippen molar-refractivity contribution in [3.63, 3.8) is 0 Å². The molecule has 1 fully saturated rings. The summed E-state index contributed by atoms with van der Waals surface area (Å²) in [5, 5.41) is 1.18. The Bertz CT molecular complexity index is 1030. The molecule has 0 radical (unpaired) electrons. The molecule has 1 aromatic carbocycles. The molecule has 0 unspecified atom stereocenters. The number of amides is 1. The Morgan fingerprint density at radius 2 is 2.04 bits per heavy atom. The number of carbonyl (C=O) groups excluding carboxylic acids is 1. The second kappa shape index (κ2) is 7.12. The van der Waals surface area contributed by atoms with Crippen LogP contribution in [-0.4, -0.2) is 38.0 Å². The van der Waals surface area contributed by atoms with Gasteiger partial charge in [-0.3, -0.25) is 4.79 Å². The number of hydrogen-bond donors (Lipinski definition) is 0. The molecule has 3 heterocycles. The summed E-state index contributed by atoms with van der Waals surface area (Å²) in [6.07, 6.45) is 6.04. The van der Waals surface area contributed by atoms with Crippen LogP contribution in [0.3, 0.4) is 0 Å². The summed E-state index contributed by atoms with van der Waals surface area (Å²) >= 11 is 0. The number of hydrogen-bond acceptors (Lipinski definition) is 2. The summed E-state index contributed by atoms with van der Waals surface area (Å²) in [5.41, 5.74) is 4.26. The first-order chi connectivity index (χ1) is 13.4. The van der Waals surface area contributed by atoms with Gasteiger partial charge in [-0.25, -0.2) is 4.98 Å². The lowest BCUT2D eigenvalue weighted by molar-refractivity contribution is 0.0693. The number of aryl methyl sites for hydroxylation is 3. The zero-order chi connectivity index (χ0) is 20.0. The highest BCUT2D eigenvalue weighted by Crippen LogP contribution is 2.31. The summed E-state index contributed by atoms with van der Waals surface area (Å²) in [4.78, 5) is 20.2. The molecule has 28 heavy (non-hydrogen) atoms. The summed E-state index contributed by atoms with van der Waals surface area (Å²) in [6, 6.07) is 6.68. The van der Waals surface area contributed by atoms with Gasteiger partial charge in [-0.2, -0.15) is 0 Å². The third kappa shape index (κ3) is 2.93. The van der Waals surface area contributed by atoms with Crippen molar-refractivity contribution in [1.29, 1.82) is 0 Å². The molecule has 148 valence electrons. The van der Waals surface area contributed by atoms with Gasteiger partial charge in [-0.05, 0) is 51.7 Å². The van der Waals surface area contributed by atoms with Crippen LogP contribution in [0.25, 0.3) is 10.9 Å². The molecule has 0 aliphatic carbocycles. The van der Waals surface area contributed by atoms with Crippen LogP contribution >= 0.6 is 0 Å². The lowest BCUT2D eigenvalue weighted by Gasteiger charge is -2.33. The van der Waals surface area contributed by atoms with Crippen molar-refractivity contribution in [2.45, 2.75) is 52.5 Å². The molecule has 4 rings (SSSR count). The van der Waals surface area contributed by atoms with Crippen LogP contribution in [0, 0.1) is 13.8 Å². The smallest absolute Gasteiger partial charge is 0.270 e. The Labute approximate surface area is 167 Å². The first-order valence-electron chi connectivity index (χ1n) is 10.3. The van der Waals surface area contributed by atoms with Crippen molar-refractivity contribution >= 4 is 16.8 Å². The zero-order valence-corrected chi connectivity index (χ0v) is 17.6. The molecule has 0 bridgehead atoms. The predicted octanol–water partition coefficient (Wildman–Crippen LogP) is 4.59. The minimum absolute atomic E-state index is 0.142. The lowest BCUT2D eigenvalue weighted by atomic mass is 9.96. The number of nitrogens with zero attached hydrogens (tertiary/aromatic N) is 4. The predicted molar refractivity (Wildman–Crippen MR) is 113 cm³/mol. The highest BCUT2D eigenvalue weighted by atomic mass is 16.2. The van der Waals surface area contributed by atoms with E-state index >= 15 is 0 Å². The Balaban J connectivity index is 1.66. The number of piperidine rings is 1. The maximum Gasteiger partial charge on any atom is 0.270 e. The standard InChI is InChI=1S/C23H30N4O/c1-15(2)27-13-11-24-22(27)18-9-7-12-26(14-18)23(28)21-17(4)19-10-6-8-16(3)20(19)25(21)5/h6,8,10-11,13,15,18H,7,9,12,14H2,1-5H3/t18-/m0/s1. The van der Waals surface area contributed by atoms with Crippen LogP contribution in [0.15, 0.2) is 30.6 Å². The van der Waals surface area contributed by atoms with E-state index in [2.05, 4.69) is 66.2 Å². The number of likely N-dealkylation sites (tertiary alicyclic amines) is 1. The second-order valence-electron chi connectivity index (χ2n) is 8.38. The van der Waals surface area contributed by atoms with Crippen molar-refractivity contribution in [1.82, 2.24) is 19.0 Å². The lowest BCUT2D eigenvalue weighted by Crippen LogP contribution is -2.40. The van der Waals surface area contributed by atoms with Gasteiger partial charge in [0.25, 0.3) is 5.91 Å². The molecule has 1 atom stereocenters. The molecule has 5 heteroatoms. The summed E-state index contributed by atoms with van der Waals surface area (Å²) in [6.45, 7) is 10.1. The van der Waals surface area contributed by atoms with Gasteiger partial charge in [0.15, 0.2) is 0 Å². The minimum atomic E-state index is 0.142. The van der Waals surface area contributed by atoms with E-state index in [1.165, 1.54) is 10.9 Å². The van der Waals surface area contributed by atoms with Gasteiger partial charge in [0.1, 0.15) is 11.5 Å². The van der Waals surface area contributed by atoms with E-state index in [4.69, 9.17) is 0 Å².